The molecule has 0 saturated heterocycles. The number of fused-ring (bicyclic) bond motifs is 4. The van der Waals surface area contributed by atoms with Crippen LogP contribution in [0, 0.1) is 0 Å². The smallest absolute Gasteiger partial charge is 0.409 e. The third kappa shape index (κ3) is 5.72. The molecule has 2 aliphatic rings. The van der Waals surface area contributed by atoms with Crippen molar-refractivity contribution in [2.45, 2.75) is 39.5 Å². The highest BCUT2D eigenvalue weighted by molar-refractivity contribution is 6.31. The highest BCUT2D eigenvalue weighted by atomic mass is 16.6. The minimum Gasteiger partial charge on any atom is -0.507 e. The second-order valence-electron chi connectivity index (χ2n) is 11.3. The Balaban J connectivity index is 0.000000201. The molecule has 6 rings (SSSR count). The summed E-state index contributed by atoms with van der Waals surface area (Å²) in [7, 11) is 0. The van der Waals surface area contributed by atoms with Crippen LogP contribution in [0.25, 0.3) is 0 Å². The Kier molecular flexibility index (Phi) is 7.89. The lowest BCUT2D eigenvalue weighted by molar-refractivity contribution is 0.0513. The fraction of sp³-hybridized carbons (Fsp3) is 0.171. The van der Waals surface area contributed by atoms with E-state index < -0.39 is 23.6 Å². The molecule has 3 N–H and O–H groups in total. The van der Waals surface area contributed by atoms with Crippen LogP contribution in [0.3, 0.4) is 0 Å². The SMILES string of the molecule is CC(NC(=O)OC(C)(C)C)Nc1ccc(O)c2c1C(=O)c1ccccc1C2=O.O=C1c2ccccc2C(=O)c2ccccc21. The minimum atomic E-state index is -0.645. The predicted molar refractivity (Wildman–Crippen MR) is 164 cm³/mol. The first kappa shape index (κ1) is 29.9. The second-order valence-corrected chi connectivity index (χ2v) is 11.3. The van der Waals surface area contributed by atoms with E-state index in [0.29, 0.717) is 27.9 Å². The minimum absolute atomic E-state index is 0.0434. The van der Waals surface area contributed by atoms with E-state index in [2.05, 4.69) is 10.6 Å². The number of phenolic OH excluding ortho intramolecular Hbond substituents is 1. The first-order valence-corrected chi connectivity index (χ1v) is 13.9. The lowest BCUT2D eigenvalue weighted by atomic mass is 9.82. The van der Waals surface area contributed by atoms with E-state index in [4.69, 9.17) is 4.74 Å². The van der Waals surface area contributed by atoms with Gasteiger partial charge in [-0.2, -0.15) is 0 Å². The van der Waals surface area contributed by atoms with Crippen molar-refractivity contribution in [2.75, 3.05) is 5.32 Å². The van der Waals surface area contributed by atoms with Crippen molar-refractivity contribution in [3.05, 3.63) is 129 Å². The number of carbonyl (C=O) groups is 5. The molecule has 1 atom stereocenters. The van der Waals surface area contributed by atoms with Crippen molar-refractivity contribution in [1.82, 2.24) is 5.32 Å². The molecule has 0 heterocycles. The molecule has 0 aromatic heterocycles. The van der Waals surface area contributed by atoms with Crippen molar-refractivity contribution in [1.29, 1.82) is 0 Å². The van der Waals surface area contributed by atoms with Gasteiger partial charge in [-0.15, -0.1) is 0 Å². The molecular weight excluding hydrogens is 560 g/mol. The fourth-order valence-electron chi connectivity index (χ4n) is 5.13. The average Bonchev–Trinajstić information content (AvgIpc) is 2.99. The molecule has 0 bridgehead atoms. The quantitative estimate of drug-likeness (QED) is 0.171. The maximum Gasteiger partial charge on any atom is 0.409 e. The van der Waals surface area contributed by atoms with E-state index in [-0.39, 0.29) is 45.4 Å². The number of rotatable bonds is 3. The number of anilines is 1. The summed E-state index contributed by atoms with van der Waals surface area (Å²) in [4.78, 5) is 62.0. The topological polar surface area (TPSA) is 139 Å². The average molecular weight is 591 g/mol. The molecule has 4 aromatic rings. The molecule has 9 heteroatoms. The number of hydrogen-bond donors (Lipinski definition) is 3. The van der Waals surface area contributed by atoms with E-state index in [1.807, 2.05) is 0 Å². The molecule has 2 aliphatic carbocycles. The summed E-state index contributed by atoms with van der Waals surface area (Å²) >= 11 is 0. The highest BCUT2D eigenvalue weighted by Crippen LogP contribution is 2.37. The lowest BCUT2D eigenvalue weighted by Gasteiger charge is -2.25. The van der Waals surface area contributed by atoms with Crippen molar-refractivity contribution in [2.24, 2.45) is 0 Å². The summed E-state index contributed by atoms with van der Waals surface area (Å²) in [6.45, 7) is 6.93. The van der Waals surface area contributed by atoms with Gasteiger partial charge in [0.25, 0.3) is 0 Å². The van der Waals surface area contributed by atoms with Gasteiger partial charge in [0.1, 0.15) is 11.4 Å². The molecule has 222 valence electrons. The third-order valence-corrected chi connectivity index (χ3v) is 6.99. The summed E-state index contributed by atoms with van der Waals surface area (Å²) in [5.74, 6) is -1.18. The Hall–Kier alpha value is -5.57. The summed E-state index contributed by atoms with van der Waals surface area (Å²) in [6.07, 6.45) is -1.21. The van der Waals surface area contributed by atoms with Crippen LogP contribution >= 0.6 is 0 Å². The number of aromatic hydroxyl groups is 1. The summed E-state index contributed by atoms with van der Waals surface area (Å²) in [5.41, 5.74) is 2.29. The van der Waals surface area contributed by atoms with Crippen molar-refractivity contribution < 1.29 is 33.8 Å². The van der Waals surface area contributed by atoms with E-state index in [9.17, 15) is 29.1 Å². The maximum atomic E-state index is 13.0. The highest BCUT2D eigenvalue weighted by Gasteiger charge is 2.34. The molecule has 0 fully saturated rings. The van der Waals surface area contributed by atoms with Gasteiger partial charge < -0.3 is 20.5 Å². The Morgan fingerprint density at radius 2 is 1.02 bits per heavy atom. The van der Waals surface area contributed by atoms with Gasteiger partial charge in [0.05, 0.1) is 17.3 Å². The molecule has 1 unspecified atom stereocenters. The standard InChI is InChI=1S/C21H22N2O5.C14H8O2/c1-11(23-20(27)28-21(2,3)4)22-14-9-10-15(24)17-16(14)18(25)12-7-5-6-8-13(12)19(17)26;15-13-9-5-1-2-6-10(9)14(16)12-8-4-3-7-11(12)13/h5-11,22,24H,1-4H3,(H,23,27);1-8H. The summed E-state index contributed by atoms with van der Waals surface area (Å²) in [5, 5.41) is 15.8. The number of amides is 1. The van der Waals surface area contributed by atoms with Gasteiger partial charge in [-0.1, -0.05) is 72.8 Å². The number of nitrogens with one attached hydrogen (secondary N) is 2. The van der Waals surface area contributed by atoms with Crippen LogP contribution in [0.15, 0.2) is 84.9 Å². The molecule has 0 spiro atoms. The number of alkyl carbamates (subject to hydrolysis) is 1. The largest absolute Gasteiger partial charge is 0.507 e. The number of phenols is 1. The van der Waals surface area contributed by atoms with Gasteiger partial charge in [-0.05, 0) is 39.8 Å². The predicted octanol–water partition coefficient (Wildman–Crippen LogP) is 5.91. The molecule has 9 nitrogen and oxygen atoms in total. The Morgan fingerprint density at radius 1 is 0.636 bits per heavy atom. The zero-order chi connectivity index (χ0) is 31.8. The van der Waals surface area contributed by atoms with E-state index in [0.717, 1.165) is 0 Å². The van der Waals surface area contributed by atoms with E-state index in [1.54, 1.807) is 100 Å². The molecule has 0 saturated carbocycles. The zero-order valence-corrected chi connectivity index (χ0v) is 24.6. The van der Waals surface area contributed by atoms with Crippen LogP contribution in [-0.2, 0) is 4.74 Å². The molecule has 0 aliphatic heterocycles. The van der Waals surface area contributed by atoms with Gasteiger partial charge in [0, 0.05) is 39.1 Å². The van der Waals surface area contributed by atoms with Crippen molar-refractivity contribution in [3.8, 4) is 5.75 Å². The molecule has 1 amide bonds. The van der Waals surface area contributed by atoms with Gasteiger partial charge in [-0.25, -0.2) is 4.79 Å². The van der Waals surface area contributed by atoms with Crippen LogP contribution in [0.2, 0.25) is 0 Å². The molecule has 44 heavy (non-hydrogen) atoms. The summed E-state index contributed by atoms with van der Waals surface area (Å²) < 4.78 is 5.21. The Morgan fingerprint density at radius 3 is 1.43 bits per heavy atom. The van der Waals surface area contributed by atoms with Crippen molar-refractivity contribution >= 4 is 34.9 Å². The van der Waals surface area contributed by atoms with Crippen LogP contribution in [-0.4, -0.2) is 46.1 Å². The lowest BCUT2D eigenvalue weighted by Crippen LogP contribution is -2.41. The molecule has 0 radical (unpaired) electrons. The number of benzene rings is 4. The number of hydrogen-bond acceptors (Lipinski definition) is 8. The monoisotopic (exact) mass is 590 g/mol. The van der Waals surface area contributed by atoms with Crippen LogP contribution in [0.5, 0.6) is 5.75 Å². The van der Waals surface area contributed by atoms with Crippen LogP contribution in [0.1, 0.15) is 91.4 Å². The second kappa shape index (κ2) is 11.6. The van der Waals surface area contributed by atoms with Gasteiger partial charge >= 0.3 is 6.09 Å². The summed E-state index contributed by atoms with van der Waals surface area (Å²) in [6, 6.07) is 23.2. The van der Waals surface area contributed by atoms with Crippen LogP contribution in [0.4, 0.5) is 10.5 Å². The number of ketones is 4. The maximum absolute atomic E-state index is 13.0. The number of ether oxygens (including phenoxy) is 1. The van der Waals surface area contributed by atoms with Crippen molar-refractivity contribution in [3.63, 3.8) is 0 Å². The van der Waals surface area contributed by atoms with Gasteiger partial charge in [0.15, 0.2) is 23.1 Å². The Labute approximate surface area is 253 Å². The van der Waals surface area contributed by atoms with Gasteiger partial charge in [0.2, 0.25) is 0 Å². The zero-order valence-electron chi connectivity index (χ0n) is 24.6. The first-order valence-electron chi connectivity index (χ1n) is 13.9. The van der Waals surface area contributed by atoms with Gasteiger partial charge in [-0.3, -0.25) is 19.2 Å². The van der Waals surface area contributed by atoms with Crippen LogP contribution < -0.4 is 10.6 Å². The first-order chi connectivity index (χ1) is 20.9. The fourth-order valence-corrected chi connectivity index (χ4v) is 5.13. The van der Waals surface area contributed by atoms with E-state index >= 15 is 0 Å². The molecule has 4 aromatic carbocycles. The Bertz CT molecular complexity index is 1750. The normalized spacial score (nSPS) is 13.7. The van der Waals surface area contributed by atoms with E-state index in [1.165, 1.54) is 12.1 Å². The third-order valence-electron chi connectivity index (χ3n) is 6.99. The number of carbonyl (C=O) groups excluding carboxylic acids is 5. The molecular formula is C35H30N2O7.